The molecule has 2 aromatic carbocycles. The standard InChI is InChI=1S/C20H20N2O2/c1-12-10-13(2)19-17(11-12)14-7-5-8-15(14)20(21-19)16-6-3-4-9-18(16)22(23)24/h3-7,9-11,14-15,20-21H,8H2,1-2H3. The van der Waals surface area contributed by atoms with Crippen molar-refractivity contribution < 1.29 is 4.92 Å². The van der Waals surface area contributed by atoms with E-state index in [0.29, 0.717) is 11.8 Å². The lowest BCUT2D eigenvalue weighted by molar-refractivity contribution is -0.385. The van der Waals surface area contributed by atoms with Crippen LogP contribution in [0.5, 0.6) is 0 Å². The Morgan fingerprint density at radius 2 is 1.96 bits per heavy atom. The normalized spacial score (nSPS) is 24.2. The van der Waals surface area contributed by atoms with Crippen LogP contribution < -0.4 is 5.32 Å². The molecule has 2 aliphatic rings. The highest BCUT2D eigenvalue weighted by molar-refractivity contribution is 5.66. The van der Waals surface area contributed by atoms with Gasteiger partial charge in [-0.25, -0.2) is 0 Å². The Morgan fingerprint density at radius 3 is 2.75 bits per heavy atom. The molecule has 4 nitrogen and oxygen atoms in total. The number of hydrogen-bond donors (Lipinski definition) is 1. The molecular weight excluding hydrogens is 300 g/mol. The summed E-state index contributed by atoms with van der Waals surface area (Å²) in [6, 6.07) is 11.5. The van der Waals surface area contributed by atoms with Gasteiger partial charge in [-0.05, 0) is 37.3 Å². The van der Waals surface area contributed by atoms with Crippen LogP contribution in [0.3, 0.4) is 0 Å². The molecular formula is C20H20N2O2. The fourth-order valence-corrected chi connectivity index (χ4v) is 4.30. The van der Waals surface area contributed by atoms with Crippen molar-refractivity contribution in [3.8, 4) is 0 Å². The molecule has 0 spiro atoms. The van der Waals surface area contributed by atoms with Gasteiger partial charge in [0.15, 0.2) is 0 Å². The summed E-state index contributed by atoms with van der Waals surface area (Å²) in [6.45, 7) is 4.23. The number of benzene rings is 2. The third-order valence-corrected chi connectivity index (χ3v) is 5.28. The van der Waals surface area contributed by atoms with Crippen molar-refractivity contribution >= 4 is 11.4 Å². The first-order chi connectivity index (χ1) is 11.6. The van der Waals surface area contributed by atoms with Crippen molar-refractivity contribution in [2.45, 2.75) is 32.2 Å². The largest absolute Gasteiger partial charge is 0.377 e. The molecule has 3 unspecified atom stereocenters. The molecule has 1 N–H and O–H groups in total. The van der Waals surface area contributed by atoms with Gasteiger partial charge in [-0.1, -0.05) is 48.0 Å². The van der Waals surface area contributed by atoms with Gasteiger partial charge in [-0.2, -0.15) is 0 Å². The summed E-state index contributed by atoms with van der Waals surface area (Å²) in [6.07, 6.45) is 5.43. The maximum Gasteiger partial charge on any atom is 0.274 e. The number of nitro benzene ring substituents is 1. The maximum absolute atomic E-state index is 11.5. The predicted octanol–water partition coefficient (Wildman–Crippen LogP) is 5.04. The SMILES string of the molecule is Cc1cc(C)c2c(c1)C1C=CCC1C(c1ccccc1[N+](=O)[O-])N2. The summed E-state index contributed by atoms with van der Waals surface area (Å²) in [4.78, 5) is 11.2. The lowest BCUT2D eigenvalue weighted by Crippen LogP contribution is -2.30. The molecule has 122 valence electrons. The molecule has 1 aliphatic carbocycles. The Hall–Kier alpha value is -2.62. The molecule has 0 saturated heterocycles. The number of nitrogens with zero attached hydrogens (tertiary/aromatic N) is 1. The van der Waals surface area contributed by atoms with Gasteiger partial charge in [0.05, 0.1) is 16.5 Å². The minimum Gasteiger partial charge on any atom is -0.377 e. The second-order valence-electron chi connectivity index (χ2n) is 6.84. The molecule has 3 atom stereocenters. The van der Waals surface area contributed by atoms with E-state index < -0.39 is 0 Å². The number of allylic oxidation sites excluding steroid dienone is 2. The molecule has 24 heavy (non-hydrogen) atoms. The Labute approximate surface area is 141 Å². The summed E-state index contributed by atoms with van der Waals surface area (Å²) < 4.78 is 0. The first kappa shape index (κ1) is 14.9. The topological polar surface area (TPSA) is 55.2 Å². The van der Waals surface area contributed by atoms with E-state index in [0.717, 1.165) is 17.7 Å². The number of para-hydroxylation sites is 1. The Bertz CT molecular complexity index is 857. The minimum atomic E-state index is -0.272. The lowest BCUT2D eigenvalue weighted by Gasteiger charge is -2.38. The van der Waals surface area contributed by atoms with Crippen molar-refractivity contribution in [3.05, 3.63) is 80.9 Å². The van der Waals surface area contributed by atoms with Gasteiger partial charge in [0.2, 0.25) is 0 Å². The molecule has 0 saturated carbocycles. The van der Waals surface area contributed by atoms with E-state index in [2.05, 4.69) is 43.4 Å². The van der Waals surface area contributed by atoms with Crippen LogP contribution in [-0.2, 0) is 0 Å². The molecule has 1 aliphatic heterocycles. The van der Waals surface area contributed by atoms with Gasteiger partial charge in [0.1, 0.15) is 0 Å². The van der Waals surface area contributed by atoms with E-state index in [1.165, 1.54) is 16.7 Å². The van der Waals surface area contributed by atoms with E-state index in [-0.39, 0.29) is 16.7 Å². The van der Waals surface area contributed by atoms with E-state index in [1.54, 1.807) is 12.1 Å². The number of anilines is 1. The summed E-state index contributed by atoms with van der Waals surface area (Å²) in [5.74, 6) is 0.643. The number of nitrogens with one attached hydrogen (secondary N) is 1. The van der Waals surface area contributed by atoms with E-state index in [4.69, 9.17) is 0 Å². The van der Waals surface area contributed by atoms with Crippen LogP contribution in [-0.4, -0.2) is 4.92 Å². The van der Waals surface area contributed by atoms with Crippen LogP contribution in [0.25, 0.3) is 0 Å². The molecule has 0 bridgehead atoms. The number of rotatable bonds is 2. The van der Waals surface area contributed by atoms with Gasteiger partial charge < -0.3 is 5.32 Å². The van der Waals surface area contributed by atoms with Crippen LogP contribution in [0, 0.1) is 29.9 Å². The van der Waals surface area contributed by atoms with Crippen LogP contribution in [0.2, 0.25) is 0 Å². The van der Waals surface area contributed by atoms with Crippen LogP contribution in [0.1, 0.15) is 40.6 Å². The molecule has 0 radical (unpaired) electrons. The van der Waals surface area contributed by atoms with Gasteiger partial charge in [-0.15, -0.1) is 0 Å². The molecule has 0 amide bonds. The quantitative estimate of drug-likeness (QED) is 0.479. The zero-order valence-corrected chi connectivity index (χ0v) is 13.8. The average molecular weight is 320 g/mol. The molecule has 0 aromatic heterocycles. The number of aryl methyl sites for hydroxylation is 2. The van der Waals surface area contributed by atoms with E-state index >= 15 is 0 Å². The van der Waals surface area contributed by atoms with Crippen LogP contribution in [0.15, 0.2) is 48.6 Å². The number of hydrogen-bond acceptors (Lipinski definition) is 3. The van der Waals surface area contributed by atoms with Crippen molar-refractivity contribution in [2.75, 3.05) is 5.32 Å². The molecule has 4 rings (SSSR count). The maximum atomic E-state index is 11.5. The average Bonchev–Trinajstić information content (AvgIpc) is 3.04. The monoisotopic (exact) mass is 320 g/mol. The summed E-state index contributed by atoms with van der Waals surface area (Å²) in [7, 11) is 0. The third kappa shape index (κ3) is 2.21. The fourth-order valence-electron chi connectivity index (χ4n) is 4.30. The summed E-state index contributed by atoms with van der Waals surface area (Å²) >= 11 is 0. The molecule has 1 heterocycles. The Balaban J connectivity index is 1.86. The molecule has 4 heteroatoms. The first-order valence-corrected chi connectivity index (χ1v) is 8.34. The van der Waals surface area contributed by atoms with E-state index in [9.17, 15) is 10.1 Å². The van der Waals surface area contributed by atoms with Crippen molar-refractivity contribution in [1.29, 1.82) is 0 Å². The second-order valence-corrected chi connectivity index (χ2v) is 6.84. The highest BCUT2D eigenvalue weighted by Gasteiger charge is 2.40. The Morgan fingerprint density at radius 1 is 1.17 bits per heavy atom. The van der Waals surface area contributed by atoms with Crippen LogP contribution >= 0.6 is 0 Å². The summed E-state index contributed by atoms with van der Waals surface area (Å²) in [5.41, 5.74) is 5.90. The fraction of sp³-hybridized carbons (Fsp3) is 0.300. The van der Waals surface area contributed by atoms with Crippen molar-refractivity contribution in [1.82, 2.24) is 0 Å². The zero-order valence-electron chi connectivity index (χ0n) is 13.8. The predicted molar refractivity (Wildman–Crippen MR) is 95.4 cm³/mol. The van der Waals surface area contributed by atoms with Gasteiger partial charge in [0, 0.05) is 17.7 Å². The minimum absolute atomic E-state index is 0.0412. The lowest BCUT2D eigenvalue weighted by atomic mass is 9.75. The first-order valence-electron chi connectivity index (χ1n) is 8.34. The van der Waals surface area contributed by atoms with Crippen LogP contribution in [0.4, 0.5) is 11.4 Å². The van der Waals surface area contributed by atoms with Gasteiger partial charge >= 0.3 is 0 Å². The van der Waals surface area contributed by atoms with E-state index in [1.807, 2.05) is 12.1 Å². The number of fused-ring (bicyclic) bond motifs is 3. The van der Waals surface area contributed by atoms with Crippen molar-refractivity contribution in [2.24, 2.45) is 5.92 Å². The molecule has 0 fully saturated rings. The molecule has 2 aromatic rings. The third-order valence-electron chi connectivity index (χ3n) is 5.28. The Kier molecular flexibility index (Phi) is 3.41. The van der Waals surface area contributed by atoms with Crippen molar-refractivity contribution in [3.63, 3.8) is 0 Å². The highest BCUT2D eigenvalue weighted by Crippen LogP contribution is 2.51. The smallest absolute Gasteiger partial charge is 0.274 e. The van der Waals surface area contributed by atoms with Gasteiger partial charge in [-0.3, -0.25) is 10.1 Å². The van der Waals surface area contributed by atoms with Gasteiger partial charge in [0.25, 0.3) is 5.69 Å². The highest BCUT2D eigenvalue weighted by atomic mass is 16.6. The summed E-state index contributed by atoms with van der Waals surface area (Å²) in [5, 5.41) is 15.1. The number of nitro groups is 1. The zero-order chi connectivity index (χ0) is 16.8. The second kappa shape index (κ2) is 5.48.